The van der Waals surface area contributed by atoms with Crippen LogP contribution < -0.4 is 5.32 Å². The standard InChI is InChI=1S/C17H14BrN3O/c18-15-6-8-16(9-7-15)20-17(22)14-10-19-21(12-14)11-13-4-2-1-3-5-13/h1-10,12H,11H2,(H,20,22). The van der Waals surface area contributed by atoms with Crippen LogP contribution >= 0.6 is 15.9 Å². The lowest BCUT2D eigenvalue weighted by atomic mass is 10.2. The number of carbonyl (C=O) groups is 1. The van der Waals surface area contributed by atoms with Crippen molar-refractivity contribution in [3.05, 3.63) is 82.6 Å². The molecule has 1 heterocycles. The summed E-state index contributed by atoms with van der Waals surface area (Å²) < 4.78 is 2.73. The minimum atomic E-state index is -0.165. The highest BCUT2D eigenvalue weighted by Gasteiger charge is 2.09. The summed E-state index contributed by atoms with van der Waals surface area (Å²) in [7, 11) is 0. The van der Waals surface area contributed by atoms with E-state index in [1.165, 1.54) is 0 Å². The molecule has 0 aliphatic heterocycles. The lowest BCUT2D eigenvalue weighted by molar-refractivity contribution is 0.102. The van der Waals surface area contributed by atoms with E-state index < -0.39 is 0 Å². The van der Waals surface area contributed by atoms with Gasteiger partial charge in [0.2, 0.25) is 0 Å². The van der Waals surface area contributed by atoms with Crippen LogP contribution in [0.4, 0.5) is 5.69 Å². The van der Waals surface area contributed by atoms with E-state index in [0.29, 0.717) is 12.1 Å². The number of rotatable bonds is 4. The van der Waals surface area contributed by atoms with Gasteiger partial charge in [-0.1, -0.05) is 46.3 Å². The molecule has 110 valence electrons. The summed E-state index contributed by atoms with van der Waals surface area (Å²) in [5.41, 5.74) is 2.44. The van der Waals surface area contributed by atoms with E-state index in [1.54, 1.807) is 17.1 Å². The third kappa shape index (κ3) is 3.62. The number of nitrogens with one attached hydrogen (secondary N) is 1. The summed E-state index contributed by atoms with van der Waals surface area (Å²) in [5, 5.41) is 7.09. The average molecular weight is 356 g/mol. The van der Waals surface area contributed by atoms with E-state index in [1.807, 2.05) is 54.6 Å². The van der Waals surface area contributed by atoms with Gasteiger partial charge in [0.1, 0.15) is 0 Å². The zero-order valence-electron chi connectivity index (χ0n) is 11.7. The molecule has 0 radical (unpaired) electrons. The van der Waals surface area contributed by atoms with E-state index in [9.17, 15) is 4.79 Å². The van der Waals surface area contributed by atoms with E-state index >= 15 is 0 Å². The maximum Gasteiger partial charge on any atom is 0.258 e. The predicted molar refractivity (Wildman–Crippen MR) is 89.9 cm³/mol. The van der Waals surface area contributed by atoms with Crippen molar-refractivity contribution in [2.24, 2.45) is 0 Å². The SMILES string of the molecule is O=C(Nc1ccc(Br)cc1)c1cnn(Cc2ccccc2)c1. The van der Waals surface area contributed by atoms with E-state index in [4.69, 9.17) is 0 Å². The van der Waals surface area contributed by atoms with Gasteiger partial charge in [0.15, 0.2) is 0 Å². The molecule has 4 nitrogen and oxygen atoms in total. The summed E-state index contributed by atoms with van der Waals surface area (Å²) >= 11 is 3.37. The van der Waals surface area contributed by atoms with Crippen LogP contribution in [-0.4, -0.2) is 15.7 Å². The van der Waals surface area contributed by atoms with Crippen molar-refractivity contribution in [1.82, 2.24) is 9.78 Å². The fourth-order valence-electron chi connectivity index (χ4n) is 2.07. The van der Waals surface area contributed by atoms with Crippen LogP contribution in [0.3, 0.4) is 0 Å². The molecule has 0 atom stereocenters. The summed E-state index contributed by atoms with van der Waals surface area (Å²) in [6, 6.07) is 17.5. The molecule has 0 bridgehead atoms. The van der Waals surface area contributed by atoms with Gasteiger partial charge in [-0.3, -0.25) is 9.48 Å². The molecule has 0 unspecified atom stereocenters. The number of aromatic nitrogens is 2. The molecule has 0 spiro atoms. The zero-order valence-corrected chi connectivity index (χ0v) is 13.3. The van der Waals surface area contributed by atoms with Gasteiger partial charge in [-0.05, 0) is 29.8 Å². The zero-order chi connectivity index (χ0) is 15.4. The average Bonchev–Trinajstić information content (AvgIpc) is 2.99. The second kappa shape index (κ2) is 6.58. The van der Waals surface area contributed by atoms with Gasteiger partial charge in [-0.25, -0.2) is 0 Å². The van der Waals surface area contributed by atoms with Gasteiger partial charge in [0.05, 0.1) is 18.3 Å². The highest BCUT2D eigenvalue weighted by atomic mass is 79.9. The van der Waals surface area contributed by atoms with Crippen molar-refractivity contribution < 1.29 is 4.79 Å². The van der Waals surface area contributed by atoms with E-state index in [-0.39, 0.29) is 5.91 Å². The highest BCUT2D eigenvalue weighted by Crippen LogP contribution is 2.15. The van der Waals surface area contributed by atoms with Crippen LogP contribution in [0.1, 0.15) is 15.9 Å². The second-order valence-electron chi connectivity index (χ2n) is 4.87. The molecule has 22 heavy (non-hydrogen) atoms. The van der Waals surface area contributed by atoms with Gasteiger partial charge in [0.25, 0.3) is 5.91 Å². The Morgan fingerprint density at radius 2 is 1.82 bits per heavy atom. The van der Waals surface area contributed by atoms with Crippen LogP contribution in [-0.2, 0) is 6.54 Å². The van der Waals surface area contributed by atoms with Crippen molar-refractivity contribution in [2.75, 3.05) is 5.32 Å². The number of benzene rings is 2. The number of hydrogen-bond donors (Lipinski definition) is 1. The first-order chi connectivity index (χ1) is 10.7. The fourth-order valence-corrected chi connectivity index (χ4v) is 2.34. The Kier molecular flexibility index (Phi) is 4.34. The molecule has 1 amide bonds. The first-order valence-corrected chi connectivity index (χ1v) is 7.63. The normalized spacial score (nSPS) is 10.4. The first-order valence-electron chi connectivity index (χ1n) is 6.84. The van der Waals surface area contributed by atoms with Gasteiger partial charge < -0.3 is 5.32 Å². The molecule has 0 fully saturated rings. The third-order valence-electron chi connectivity index (χ3n) is 3.18. The molecule has 1 aromatic heterocycles. The Hall–Kier alpha value is -2.40. The van der Waals surface area contributed by atoms with Crippen molar-refractivity contribution in [2.45, 2.75) is 6.54 Å². The predicted octanol–water partition coefficient (Wildman–Crippen LogP) is 3.95. The minimum absolute atomic E-state index is 0.165. The maximum atomic E-state index is 12.2. The molecular formula is C17H14BrN3O. The monoisotopic (exact) mass is 355 g/mol. The summed E-state index contributed by atoms with van der Waals surface area (Å²) in [6.45, 7) is 0.645. The Morgan fingerprint density at radius 1 is 1.09 bits per heavy atom. The number of carbonyl (C=O) groups excluding carboxylic acids is 1. The summed E-state index contributed by atoms with van der Waals surface area (Å²) in [6.07, 6.45) is 3.33. The molecule has 2 aromatic carbocycles. The second-order valence-corrected chi connectivity index (χ2v) is 5.79. The van der Waals surface area contributed by atoms with Gasteiger partial charge in [0, 0.05) is 16.4 Å². The van der Waals surface area contributed by atoms with E-state index in [0.717, 1.165) is 15.7 Å². The van der Waals surface area contributed by atoms with E-state index in [2.05, 4.69) is 26.3 Å². The molecule has 0 aliphatic rings. The highest BCUT2D eigenvalue weighted by molar-refractivity contribution is 9.10. The number of hydrogen-bond acceptors (Lipinski definition) is 2. The lowest BCUT2D eigenvalue weighted by Gasteiger charge is -2.03. The Labute approximate surface area is 136 Å². The largest absolute Gasteiger partial charge is 0.322 e. The minimum Gasteiger partial charge on any atom is -0.322 e. The maximum absolute atomic E-state index is 12.2. The van der Waals surface area contributed by atoms with Gasteiger partial charge >= 0.3 is 0 Å². The number of anilines is 1. The molecule has 1 N–H and O–H groups in total. The van der Waals surface area contributed by atoms with Crippen molar-refractivity contribution in [3.8, 4) is 0 Å². The molecule has 3 rings (SSSR count). The molecule has 3 aromatic rings. The fraction of sp³-hybridized carbons (Fsp3) is 0.0588. The quantitative estimate of drug-likeness (QED) is 0.770. The number of halogens is 1. The molecule has 0 aliphatic carbocycles. The first kappa shape index (κ1) is 14.5. The Bertz CT molecular complexity index is 766. The van der Waals surface area contributed by atoms with Crippen LogP contribution in [0.15, 0.2) is 71.5 Å². The van der Waals surface area contributed by atoms with Crippen LogP contribution in [0, 0.1) is 0 Å². The molecule has 0 saturated heterocycles. The van der Waals surface area contributed by atoms with Crippen LogP contribution in [0.25, 0.3) is 0 Å². The van der Waals surface area contributed by atoms with Crippen molar-refractivity contribution in [3.63, 3.8) is 0 Å². The van der Waals surface area contributed by atoms with Crippen molar-refractivity contribution >= 4 is 27.5 Å². The molecule has 5 heteroatoms. The van der Waals surface area contributed by atoms with Crippen molar-refractivity contribution in [1.29, 1.82) is 0 Å². The summed E-state index contributed by atoms with van der Waals surface area (Å²) in [5.74, 6) is -0.165. The number of amides is 1. The summed E-state index contributed by atoms with van der Waals surface area (Å²) in [4.78, 5) is 12.2. The third-order valence-corrected chi connectivity index (χ3v) is 3.71. The topological polar surface area (TPSA) is 46.9 Å². The lowest BCUT2D eigenvalue weighted by Crippen LogP contribution is -2.11. The Morgan fingerprint density at radius 3 is 2.55 bits per heavy atom. The Balaban J connectivity index is 1.67. The van der Waals surface area contributed by atoms with Gasteiger partial charge in [-0.2, -0.15) is 5.10 Å². The molecular weight excluding hydrogens is 342 g/mol. The smallest absolute Gasteiger partial charge is 0.258 e. The van der Waals surface area contributed by atoms with Crippen LogP contribution in [0.2, 0.25) is 0 Å². The van der Waals surface area contributed by atoms with Gasteiger partial charge in [-0.15, -0.1) is 0 Å². The molecule has 0 saturated carbocycles. The number of nitrogens with zero attached hydrogens (tertiary/aromatic N) is 2. The van der Waals surface area contributed by atoms with Crippen LogP contribution in [0.5, 0.6) is 0 Å².